The second kappa shape index (κ2) is 6.61. The molecule has 2 rings (SSSR count). The van der Waals surface area contributed by atoms with Gasteiger partial charge in [-0.25, -0.2) is 0 Å². The van der Waals surface area contributed by atoms with Gasteiger partial charge in [0.25, 0.3) is 0 Å². The summed E-state index contributed by atoms with van der Waals surface area (Å²) in [4.78, 5) is 14.1. The molecule has 21 heavy (non-hydrogen) atoms. The van der Waals surface area contributed by atoms with Crippen LogP contribution in [0, 0.1) is 5.92 Å². The molecule has 1 aliphatic rings. The van der Waals surface area contributed by atoms with E-state index in [1.807, 2.05) is 37.3 Å². The van der Waals surface area contributed by atoms with Crippen molar-refractivity contribution in [2.45, 2.75) is 51.0 Å². The van der Waals surface area contributed by atoms with E-state index in [1.54, 1.807) is 0 Å². The van der Waals surface area contributed by atoms with Gasteiger partial charge in [0, 0.05) is 12.6 Å². The number of carbonyl (C=O) groups is 1. The summed E-state index contributed by atoms with van der Waals surface area (Å²) in [6.45, 7) is 4.70. The molecular formula is C18H27NO2. The smallest absolute Gasteiger partial charge is 0.315 e. The van der Waals surface area contributed by atoms with Crippen LogP contribution in [-0.2, 0) is 10.2 Å². The molecule has 1 saturated carbocycles. The molecule has 0 spiro atoms. The zero-order valence-electron chi connectivity index (χ0n) is 13.4. The van der Waals surface area contributed by atoms with Gasteiger partial charge in [0.15, 0.2) is 0 Å². The molecule has 1 aliphatic carbocycles. The summed E-state index contributed by atoms with van der Waals surface area (Å²) < 4.78 is 0. The molecular weight excluding hydrogens is 262 g/mol. The molecule has 1 aromatic rings. The average Bonchev–Trinajstić information content (AvgIpc) is 2.47. The van der Waals surface area contributed by atoms with Gasteiger partial charge < -0.3 is 10.0 Å². The van der Waals surface area contributed by atoms with Crippen molar-refractivity contribution in [3.05, 3.63) is 35.9 Å². The van der Waals surface area contributed by atoms with Gasteiger partial charge in [0.05, 0.1) is 0 Å². The van der Waals surface area contributed by atoms with E-state index in [0.29, 0.717) is 12.6 Å². The number of aliphatic carboxylic acids is 1. The third-order valence-corrected chi connectivity index (χ3v) is 4.98. The van der Waals surface area contributed by atoms with Crippen LogP contribution in [0.5, 0.6) is 0 Å². The highest BCUT2D eigenvalue weighted by Crippen LogP contribution is 2.30. The normalized spacial score (nSPS) is 25.5. The lowest BCUT2D eigenvalue weighted by atomic mass is 9.80. The highest BCUT2D eigenvalue weighted by atomic mass is 16.4. The number of carboxylic acid groups (broad SMARTS) is 1. The molecule has 0 heterocycles. The maximum absolute atomic E-state index is 11.9. The monoisotopic (exact) mass is 289 g/mol. The van der Waals surface area contributed by atoms with E-state index in [9.17, 15) is 9.90 Å². The Labute approximate surface area is 128 Å². The Morgan fingerprint density at radius 2 is 2.00 bits per heavy atom. The Kier molecular flexibility index (Phi) is 5.04. The van der Waals surface area contributed by atoms with Crippen LogP contribution in [0.15, 0.2) is 30.3 Å². The van der Waals surface area contributed by atoms with Crippen LogP contribution in [0.1, 0.15) is 45.1 Å². The molecule has 1 aromatic carbocycles. The van der Waals surface area contributed by atoms with E-state index >= 15 is 0 Å². The van der Waals surface area contributed by atoms with Crippen molar-refractivity contribution in [1.29, 1.82) is 0 Å². The first-order valence-electron chi connectivity index (χ1n) is 7.92. The number of benzene rings is 1. The molecule has 0 amide bonds. The van der Waals surface area contributed by atoms with Gasteiger partial charge in [-0.2, -0.15) is 0 Å². The molecule has 0 radical (unpaired) electrons. The first-order chi connectivity index (χ1) is 9.93. The predicted octanol–water partition coefficient (Wildman–Crippen LogP) is 3.54. The van der Waals surface area contributed by atoms with Gasteiger partial charge in [0.2, 0.25) is 0 Å². The summed E-state index contributed by atoms with van der Waals surface area (Å²) in [5, 5.41) is 9.76. The van der Waals surface area contributed by atoms with Gasteiger partial charge in [-0.15, -0.1) is 0 Å². The number of likely N-dealkylation sites (N-methyl/N-ethyl adjacent to an activating group) is 1. The average molecular weight is 289 g/mol. The molecule has 3 unspecified atom stereocenters. The van der Waals surface area contributed by atoms with E-state index in [-0.39, 0.29) is 0 Å². The van der Waals surface area contributed by atoms with Gasteiger partial charge in [-0.3, -0.25) is 4.79 Å². The van der Waals surface area contributed by atoms with E-state index in [1.165, 1.54) is 25.7 Å². The van der Waals surface area contributed by atoms with Crippen LogP contribution in [0.4, 0.5) is 0 Å². The van der Waals surface area contributed by atoms with Gasteiger partial charge in [-0.1, -0.05) is 50.1 Å². The number of nitrogens with zero attached hydrogens (tertiary/aromatic N) is 1. The minimum absolute atomic E-state index is 0.510. The van der Waals surface area contributed by atoms with Crippen LogP contribution in [0.2, 0.25) is 0 Å². The second-order valence-corrected chi connectivity index (χ2v) is 6.84. The highest BCUT2D eigenvalue weighted by molar-refractivity contribution is 5.81. The lowest BCUT2D eigenvalue weighted by Gasteiger charge is -2.38. The van der Waals surface area contributed by atoms with E-state index in [2.05, 4.69) is 18.9 Å². The van der Waals surface area contributed by atoms with Gasteiger partial charge in [0.1, 0.15) is 5.41 Å². The molecule has 3 nitrogen and oxygen atoms in total. The van der Waals surface area contributed by atoms with Gasteiger partial charge in [-0.05, 0) is 38.3 Å². The van der Waals surface area contributed by atoms with Crippen molar-refractivity contribution in [2.75, 3.05) is 13.6 Å². The van der Waals surface area contributed by atoms with Crippen LogP contribution in [0.3, 0.4) is 0 Å². The van der Waals surface area contributed by atoms with E-state index in [4.69, 9.17) is 0 Å². The third kappa shape index (κ3) is 3.65. The number of carboxylic acids is 1. The Morgan fingerprint density at radius 1 is 1.33 bits per heavy atom. The minimum atomic E-state index is -0.851. The molecule has 3 heteroatoms. The van der Waals surface area contributed by atoms with E-state index < -0.39 is 11.4 Å². The lowest BCUT2D eigenvalue weighted by molar-refractivity contribution is -0.144. The van der Waals surface area contributed by atoms with Crippen LogP contribution in [0.25, 0.3) is 0 Å². The molecule has 1 fully saturated rings. The molecule has 0 bridgehead atoms. The minimum Gasteiger partial charge on any atom is -0.481 e. The fourth-order valence-corrected chi connectivity index (χ4v) is 3.52. The fourth-order valence-electron chi connectivity index (χ4n) is 3.52. The maximum Gasteiger partial charge on any atom is 0.315 e. The quantitative estimate of drug-likeness (QED) is 0.901. The molecule has 3 atom stereocenters. The largest absolute Gasteiger partial charge is 0.481 e. The summed E-state index contributed by atoms with van der Waals surface area (Å²) >= 11 is 0. The van der Waals surface area contributed by atoms with Crippen molar-refractivity contribution in [2.24, 2.45) is 5.92 Å². The zero-order chi connectivity index (χ0) is 15.5. The number of hydrogen-bond acceptors (Lipinski definition) is 2. The fraction of sp³-hybridized carbons (Fsp3) is 0.611. The SMILES string of the molecule is CC1CCCC(N(C)CC(C)(C(=O)O)c2ccccc2)C1. The van der Waals surface area contributed by atoms with Crippen LogP contribution < -0.4 is 0 Å². The summed E-state index contributed by atoms with van der Waals surface area (Å²) in [6.07, 6.45) is 4.93. The molecule has 1 N–H and O–H groups in total. The van der Waals surface area contributed by atoms with Crippen LogP contribution in [-0.4, -0.2) is 35.6 Å². The van der Waals surface area contributed by atoms with Crippen molar-refractivity contribution >= 4 is 5.97 Å². The summed E-state index contributed by atoms with van der Waals surface area (Å²) in [6, 6.07) is 10.1. The molecule has 0 saturated heterocycles. The molecule has 116 valence electrons. The van der Waals surface area contributed by atoms with Gasteiger partial charge >= 0.3 is 5.97 Å². The first-order valence-corrected chi connectivity index (χ1v) is 7.92. The lowest BCUT2D eigenvalue weighted by Crippen LogP contribution is -2.47. The Hall–Kier alpha value is -1.35. The van der Waals surface area contributed by atoms with Crippen molar-refractivity contribution in [3.63, 3.8) is 0 Å². The Balaban J connectivity index is 2.14. The Morgan fingerprint density at radius 3 is 2.57 bits per heavy atom. The molecule has 0 aromatic heterocycles. The highest BCUT2D eigenvalue weighted by Gasteiger charge is 2.38. The Bertz CT molecular complexity index is 473. The second-order valence-electron chi connectivity index (χ2n) is 6.84. The first kappa shape index (κ1) is 16.0. The van der Waals surface area contributed by atoms with Crippen molar-refractivity contribution < 1.29 is 9.90 Å². The standard InChI is InChI=1S/C18H27NO2/c1-14-8-7-11-16(12-14)19(3)13-18(2,17(20)21)15-9-5-4-6-10-15/h4-6,9-10,14,16H,7-8,11-13H2,1-3H3,(H,20,21). The summed E-state index contributed by atoms with van der Waals surface area (Å²) in [5.41, 5.74) is 0.0321. The third-order valence-electron chi connectivity index (χ3n) is 4.98. The number of hydrogen-bond donors (Lipinski definition) is 1. The summed E-state index contributed by atoms with van der Waals surface area (Å²) in [5.74, 6) is 0.00316. The predicted molar refractivity (Wildman–Crippen MR) is 85.5 cm³/mol. The zero-order valence-corrected chi connectivity index (χ0v) is 13.4. The topological polar surface area (TPSA) is 40.5 Å². The molecule has 0 aliphatic heterocycles. The summed E-state index contributed by atoms with van der Waals surface area (Å²) in [7, 11) is 2.08. The van der Waals surface area contributed by atoms with Crippen molar-refractivity contribution in [1.82, 2.24) is 4.90 Å². The van der Waals surface area contributed by atoms with Crippen LogP contribution >= 0.6 is 0 Å². The van der Waals surface area contributed by atoms with E-state index in [0.717, 1.165) is 11.5 Å². The maximum atomic E-state index is 11.9. The number of rotatable bonds is 5. The van der Waals surface area contributed by atoms with Crippen molar-refractivity contribution in [3.8, 4) is 0 Å².